The zero-order valence-electron chi connectivity index (χ0n) is 17.6. The van der Waals surface area contributed by atoms with Crippen molar-refractivity contribution < 1.29 is 14.3 Å². The molecule has 2 amide bonds. The summed E-state index contributed by atoms with van der Waals surface area (Å²) in [4.78, 5) is 29.3. The van der Waals surface area contributed by atoms with Crippen molar-refractivity contribution in [2.75, 3.05) is 13.1 Å². The van der Waals surface area contributed by atoms with Crippen LogP contribution < -0.4 is 0 Å². The van der Waals surface area contributed by atoms with Gasteiger partial charge in [-0.15, -0.1) is 0 Å². The van der Waals surface area contributed by atoms with Gasteiger partial charge in [-0.1, -0.05) is 24.3 Å². The lowest BCUT2D eigenvalue weighted by Crippen LogP contribution is -2.49. The molecule has 0 spiro atoms. The highest BCUT2D eigenvalue weighted by molar-refractivity contribution is 5.80. The van der Waals surface area contributed by atoms with E-state index in [0.717, 1.165) is 12.8 Å². The van der Waals surface area contributed by atoms with Gasteiger partial charge in [-0.25, -0.2) is 4.79 Å². The van der Waals surface area contributed by atoms with Gasteiger partial charge in [0.15, 0.2) is 0 Å². The summed E-state index contributed by atoms with van der Waals surface area (Å²) >= 11 is 0. The van der Waals surface area contributed by atoms with Crippen molar-refractivity contribution in [1.82, 2.24) is 9.80 Å². The van der Waals surface area contributed by atoms with Crippen molar-refractivity contribution in [3.8, 4) is 0 Å². The molecule has 1 heterocycles. The minimum atomic E-state index is -0.525. The molecule has 1 fully saturated rings. The van der Waals surface area contributed by atoms with Crippen LogP contribution in [-0.4, -0.2) is 46.5 Å². The Morgan fingerprint density at radius 3 is 2.52 bits per heavy atom. The van der Waals surface area contributed by atoms with Crippen LogP contribution in [0.1, 0.15) is 58.6 Å². The lowest BCUT2D eigenvalue weighted by Gasteiger charge is -2.37. The van der Waals surface area contributed by atoms with Crippen LogP contribution in [0.15, 0.2) is 24.3 Å². The van der Waals surface area contributed by atoms with E-state index in [9.17, 15) is 9.59 Å². The van der Waals surface area contributed by atoms with Crippen molar-refractivity contribution >= 4 is 12.0 Å². The summed E-state index contributed by atoms with van der Waals surface area (Å²) in [5, 5.41) is 0. The average Bonchev–Trinajstić information content (AvgIpc) is 2.59. The van der Waals surface area contributed by atoms with Crippen LogP contribution in [0.3, 0.4) is 0 Å². The normalized spacial score (nSPS) is 17.7. The molecule has 0 N–H and O–H groups in total. The highest BCUT2D eigenvalue weighted by Crippen LogP contribution is 2.23. The van der Waals surface area contributed by atoms with Gasteiger partial charge in [0.25, 0.3) is 0 Å². The zero-order chi connectivity index (χ0) is 20.2. The monoisotopic (exact) mass is 374 g/mol. The Kier molecular flexibility index (Phi) is 6.90. The number of hydrogen-bond donors (Lipinski definition) is 0. The largest absolute Gasteiger partial charge is 0.444 e. The first-order chi connectivity index (χ1) is 12.6. The van der Waals surface area contributed by atoms with E-state index >= 15 is 0 Å². The van der Waals surface area contributed by atoms with E-state index in [2.05, 4.69) is 19.1 Å². The maximum Gasteiger partial charge on any atom is 0.410 e. The number of benzene rings is 1. The molecule has 5 heteroatoms. The minimum Gasteiger partial charge on any atom is -0.444 e. The first-order valence-corrected chi connectivity index (χ1v) is 9.91. The summed E-state index contributed by atoms with van der Waals surface area (Å²) in [6.45, 7) is 13.4. The maximum atomic E-state index is 13.3. The SMILES string of the molecule is Cc1ccccc1CN(C(=O)C1CCCN(C(=O)OC(C)(C)C)C1)C(C)C. The minimum absolute atomic E-state index is 0.106. The van der Waals surface area contributed by atoms with Crippen molar-refractivity contribution in [3.05, 3.63) is 35.4 Å². The third-order valence-electron chi connectivity index (χ3n) is 4.93. The first kappa shape index (κ1) is 21.3. The Labute approximate surface area is 163 Å². The van der Waals surface area contributed by atoms with Crippen LogP contribution in [0.2, 0.25) is 0 Å². The van der Waals surface area contributed by atoms with Crippen molar-refractivity contribution in [2.45, 2.75) is 72.6 Å². The number of hydrogen-bond acceptors (Lipinski definition) is 3. The average molecular weight is 375 g/mol. The van der Waals surface area contributed by atoms with Crippen molar-refractivity contribution in [1.29, 1.82) is 0 Å². The second kappa shape index (κ2) is 8.77. The summed E-state index contributed by atoms with van der Waals surface area (Å²) in [5.41, 5.74) is 1.83. The third-order valence-corrected chi connectivity index (χ3v) is 4.93. The van der Waals surface area contributed by atoms with E-state index < -0.39 is 5.60 Å². The molecule has 150 valence electrons. The molecule has 1 aliphatic rings. The van der Waals surface area contributed by atoms with Crippen molar-refractivity contribution in [3.63, 3.8) is 0 Å². The van der Waals surface area contributed by atoms with Crippen molar-refractivity contribution in [2.24, 2.45) is 5.92 Å². The Morgan fingerprint density at radius 1 is 1.26 bits per heavy atom. The molecule has 2 rings (SSSR count). The quantitative estimate of drug-likeness (QED) is 0.786. The zero-order valence-corrected chi connectivity index (χ0v) is 17.6. The molecule has 1 saturated heterocycles. The van der Waals surface area contributed by atoms with Crippen LogP contribution in [-0.2, 0) is 16.1 Å². The van der Waals surface area contributed by atoms with Crippen LogP contribution in [0, 0.1) is 12.8 Å². The highest BCUT2D eigenvalue weighted by Gasteiger charge is 2.34. The van der Waals surface area contributed by atoms with E-state index in [0.29, 0.717) is 19.6 Å². The molecule has 1 aromatic rings. The fourth-order valence-electron chi connectivity index (χ4n) is 3.39. The van der Waals surface area contributed by atoms with Crippen LogP contribution in [0.4, 0.5) is 4.79 Å². The van der Waals surface area contributed by atoms with Gasteiger partial charge in [-0.2, -0.15) is 0 Å². The lowest BCUT2D eigenvalue weighted by molar-refractivity contribution is -0.139. The van der Waals surface area contributed by atoms with Gasteiger partial charge in [0.1, 0.15) is 5.60 Å². The number of nitrogens with zero attached hydrogens (tertiary/aromatic N) is 2. The molecular formula is C22H34N2O3. The number of amides is 2. The topological polar surface area (TPSA) is 49.9 Å². The Morgan fingerprint density at radius 2 is 1.93 bits per heavy atom. The number of ether oxygens (including phenoxy) is 1. The van der Waals surface area contributed by atoms with E-state index in [1.165, 1.54) is 11.1 Å². The molecule has 0 aliphatic carbocycles. The van der Waals surface area contributed by atoms with Gasteiger partial charge in [0, 0.05) is 25.7 Å². The Bertz CT molecular complexity index is 664. The molecular weight excluding hydrogens is 340 g/mol. The molecule has 1 aliphatic heterocycles. The van der Waals surface area contributed by atoms with Crippen LogP contribution in [0.25, 0.3) is 0 Å². The highest BCUT2D eigenvalue weighted by atomic mass is 16.6. The van der Waals surface area contributed by atoms with Gasteiger partial charge in [0.05, 0.1) is 5.92 Å². The predicted octanol–water partition coefficient (Wildman–Crippen LogP) is 4.38. The second-order valence-electron chi connectivity index (χ2n) is 8.75. The van der Waals surface area contributed by atoms with Gasteiger partial charge in [-0.05, 0) is 65.5 Å². The summed E-state index contributed by atoms with van der Waals surface area (Å²) in [7, 11) is 0. The fourth-order valence-corrected chi connectivity index (χ4v) is 3.39. The second-order valence-corrected chi connectivity index (χ2v) is 8.75. The van der Waals surface area contributed by atoms with E-state index in [4.69, 9.17) is 4.74 Å². The van der Waals surface area contributed by atoms with E-state index in [1.54, 1.807) is 4.90 Å². The predicted molar refractivity (Wildman–Crippen MR) is 107 cm³/mol. The molecule has 1 atom stereocenters. The van der Waals surface area contributed by atoms with E-state index in [-0.39, 0.29) is 24.0 Å². The number of likely N-dealkylation sites (tertiary alicyclic amines) is 1. The number of carbonyl (C=O) groups is 2. The molecule has 1 aromatic carbocycles. The molecule has 0 radical (unpaired) electrons. The molecule has 0 bridgehead atoms. The summed E-state index contributed by atoms with van der Waals surface area (Å²) < 4.78 is 5.49. The Balaban J connectivity index is 2.08. The molecule has 5 nitrogen and oxygen atoms in total. The lowest BCUT2D eigenvalue weighted by atomic mass is 9.95. The number of carbonyl (C=O) groups excluding carboxylic acids is 2. The standard InChI is InChI=1S/C22H34N2O3/c1-16(2)24(15-18-11-8-7-10-17(18)3)20(25)19-12-9-13-23(14-19)21(26)27-22(4,5)6/h7-8,10-11,16,19H,9,12-15H2,1-6H3. The van der Waals surface area contributed by atoms with Gasteiger partial charge >= 0.3 is 6.09 Å². The maximum absolute atomic E-state index is 13.3. The molecule has 0 saturated carbocycles. The summed E-state index contributed by atoms with van der Waals surface area (Å²) in [6.07, 6.45) is 1.32. The summed E-state index contributed by atoms with van der Waals surface area (Å²) in [6, 6.07) is 8.28. The molecule has 0 aromatic heterocycles. The number of aryl methyl sites for hydroxylation is 1. The van der Waals surface area contributed by atoms with Gasteiger partial charge < -0.3 is 14.5 Å². The third kappa shape index (κ3) is 5.98. The van der Waals surface area contributed by atoms with E-state index in [1.807, 2.05) is 51.7 Å². The fraction of sp³-hybridized carbons (Fsp3) is 0.636. The first-order valence-electron chi connectivity index (χ1n) is 9.91. The number of rotatable bonds is 4. The molecule has 1 unspecified atom stereocenters. The Hall–Kier alpha value is -2.04. The summed E-state index contributed by atoms with van der Waals surface area (Å²) in [5.74, 6) is -0.0424. The molecule has 27 heavy (non-hydrogen) atoms. The van der Waals surface area contributed by atoms with Crippen LogP contribution >= 0.6 is 0 Å². The van der Waals surface area contributed by atoms with Gasteiger partial charge in [-0.3, -0.25) is 4.79 Å². The van der Waals surface area contributed by atoms with Crippen LogP contribution in [0.5, 0.6) is 0 Å². The smallest absolute Gasteiger partial charge is 0.410 e. The number of piperidine rings is 1. The van der Waals surface area contributed by atoms with Gasteiger partial charge in [0.2, 0.25) is 5.91 Å².